The van der Waals surface area contributed by atoms with Gasteiger partial charge in [-0.2, -0.15) is 0 Å². The van der Waals surface area contributed by atoms with Crippen molar-refractivity contribution in [3.05, 3.63) is 35.9 Å². The fraction of sp³-hybridized carbons (Fsp3) is 0.625. The molecule has 3 heterocycles. The van der Waals surface area contributed by atoms with Gasteiger partial charge in [0.05, 0.1) is 13.2 Å². The van der Waals surface area contributed by atoms with Crippen LogP contribution in [0.4, 0.5) is 0 Å². The van der Waals surface area contributed by atoms with Gasteiger partial charge in [-0.1, -0.05) is 30.3 Å². The number of hydrogen-bond acceptors (Lipinski definition) is 3. The minimum atomic E-state index is 0.742. The molecule has 0 aliphatic carbocycles. The lowest BCUT2D eigenvalue weighted by Crippen LogP contribution is -2.39. The molecule has 104 valence electrons. The Bertz CT molecular complexity index is 374. The van der Waals surface area contributed by atoms with E-state index in [1.165, 1.54) is 44.6 Å². The van der Waals surface area contributed by atoms with Crippen LogP contribution >= 0.6 is 0 Å². The topological polar surface area (TPSA) is 15.7 Å². The monoisotopic (exact) mass is 260 g/mol. The second-order valence-corrected chi connectivity index (χ2v) is 5.65. The summed E-state index contributed by atoms with van der Waals surface area (Å²) in [5.41, 5.74) is 1.27. The van der Waals surface area contributed by atoms with Crippen molar-refractivity contribution >= 4 is 0 Å². The lowest BCUT2D eigenvalue weighted by Gasteiger charge is -2.31. The first-order valence-corrected chi connectivity index (χ1v) is 7.50. The minimum Gasteiger partial charge on any atom is -0.375 e. The Morgan fingerprint density at radius 3 is 2.58 bits per heavy atom. The quantitative estimate of drug-likeness (QED) is 0.753. The average molecular weight is 260 g/mol. The largest absolute Gasteiger partial charge is 0.375 e. The third-order valence-electron chi connectivity index (χ3n) is 4.41. The molecular weight excluding hydrogens is 236 g/mol. The highest BCUT2D eigenvalue weighted by atomic mass is 16.5. The van der Waals surface area contributed by atoms with Crippen LogP contribution in [0.5, 0.6) is 0 Å². The Kier molecular flexibility index (Phi) is 4.49. The molecule has 3 nitrogen and oxygen atoms in total. The van der Waals surface area contributed by atoms with Crippen LogP contribution in [0, 0.1) is 0 Å². The summed E-state index contributed by atoms with van der Waals surface area (Å²) >= 11 is 0. The maximum atomic E-state index is 5.81. The molecule has 3 fully saturated rings. The second kappa shape index (κ2) is 6.51. The molecule has 0 radical (unpaired) electrons. The number of ether oxygens (including phenoxy) is 1. The van der Waals surface area contributed by atoms with Crippen molar-refractivity contribution in [3.8, 4) is 0 Å². The van der Waals surface area contributed by atoms with Crippen molar-refractivity contribution < 1.29 is 4.74 Å². The van der Waals surface area contributed by atoms with Crippen LogP contribution in [0.3, 0.4) is 0 Å². The summed E-state index contributed by atoms with van der Waals surface area (Å²) in [6.07, 6.45) is 2.69. The molecule has 19 heavy (non-hydrogen) atoms. The van der Waals surface area contributed by atoms with Crippen LogP contribution < -0.4 is 0 Å². The van der Waals surface area contributed by atoms with Gasteiger partial charge in [0, 0.05) is 25.7 Å². The third kappa shape index (κ3) is 3.56. The van der Waals surface area contributed by atoms with E-state index in [9.17, 15) is 0 Å². The van der Waals surface area contributed by atoms with E-state index in [0.717, 1.165) is 25.8 Å². The second-order valence-electron chi connectivity index (χ2n) is 5.65. The van der Waals surface area contributed by atoms with Gasteiger partial charge in [-0.15, -0.1) is 0 Å². The zero-order valence-corrected chi connectivity index (χ0v) is 11.6. The van der Waals surface area contributed by atoms with Gasteiger partial charge in [0.1, 0.15) is 0 Å². The number of benzene rings is 1. The van der Waals surface area contributed by atoms with Crippen LogP contribution in [-0.2, 0) is 11.3 Å². The molecule has 0 aromatic heterocycles. The Hall–Kier alpha value is -0.900. The highest BCUT2D eigenvalue weighted by Gasteiger charge is 2.28. The fourth-order valence-corrected chi connectivity index (χ4v) is 3.20. The molecule has 1 aromatic carbocycles. The van der Waals surface area contributed by atoms with E-state index in [1.54, 1.807) is 0 Å². The predicted molar refractivity (Wildman–Crippen MR) is 77.1 cm³/mol. The molecule has 0 unspecified atom stereocenters. The van der Waals surface area contributed by atoms with E-state index in [2.05, 4.69) is 34.1 Å². The fourth-order valence-electron chi connectivity index (χ4n) is 3.20. The Balaban J connectivity index is 1.40. The lowest BCUT2D eigenvalue weighted by atomic mass is 10.1. The average Bonchev–Trinajstić information content (AvgIpc) is 2.78. The number of piperidine rings is 1. The van der Waals surface area contributed by atoms with Crippen LogP contribution in [0.1, 0.15) is 18.4 Å². The van der Waals surface area contributed by atoms with Gasteiger partial charge < -0.3 is 9.64 Å². The molecule has 3 heteroatoms. The summed E-state index contributed by atoms with van der Waals surface area (Å²) in [4.78, 5) is 5.24. The van der Waals surface area contributed by atoms with Gasteiger partial charge in [0.2, 0.25) is 0 Å². The van der Waals surface area contributed by atoms with Gasteiger partial charge in [0.15, 0.2) is 0 Å². The summed E-state index contributed by atoms with van der Waals surface area (Å²) < 4.78 is 5.81. The van der Waals surface area contributed by atoms with E-state index in [-0.39, 0.29) is 0 Å². The molecule has 4 rings (SSSR count). The highest BCUT2D eigenvalue weighted by Crippen LogP contribution is 2.20. The maximum absolute atomic E-state index is 5.81. The molecule has 1 aromatic rings. The molecular formula is C16H24N2O. The SMILES string of the molecule is c1ccc(COCCN2CCN3CCC2CC3)cc1. The zero-order valence-electron chi connectivity index (χ0n) is 11.6. The first-order valence-electron chi connectivity index (χ1n) is 7.50. The molecule has 2 bridgehead atoms. The first-order chi connectivity index (χ1) is 9.42. The summed E-state index contributed by atoms with van der Waals surface area (Å²) in [5.74, 6) is 0. The van der Waals surface area contributed by atoms with Gasteiger partial charge in [-0.25, -0.2) is 0 Å². The van der Waals surface area contributed by atoms with Crippen molar-refractivity contribution in [2.45, 2.75) is 25.5 Å². The number of nitrogens with zero attached hydrogens (tertiary/aromatic N) is 2. The van der Waals surface area contributed by atoms with Gasteiger partial charge in [-0.05, 0) is 31.5 Å². The third-order valence-corrected chi connectivity index (χ3v) is 4.41. The Morgan fingerprint density at radius 1 is 1.00 bits per heavy atom. The van der Waals surface area contributed by atoms with Crippen LogP contribution in [-0.4, -0.2) is 55.2 Å². The summed E-state index contributed by atoms with van der Waals surface area (Å²) in [7, 11) is 0. The molecule has 0 N–H and O–H groups in total. The Labute approximate surface area is 116 Å². The van der Waals surface area contributed by atoms with E-state index in [1.807, 2.05) is 6.07 Å². The number of hydrogen-bond donors (Lipinski definition) is 0. The standard InChI is InChI=1S/C16H24N2O/c1-2-4-15(5-3-1)14-19-13-12-18-11-10-17-8-6-16(18)7-9-17/h1-5,16H,6-14H2. The van der Waals surface area contributed by atoms with Crippen LogP contribution in [0.15, 0.2) is 30.3 Å². The smallest absolute Gasteiger partial charge is 0.0717 e. The summed E-state index contributed by atoms with van der Waals surface area (Å²) in [5, 5.41) is 0. The molecule has 3 aliphatic heterocycles. The van der Waals surface area contributed by atoms with Crippen LogP contribution in [0.25, 0.3) is 0 Å². The molecule has 0 spiro atoms. The van der Waals surface area contributed by atoms with E-state index in [4.69, 9.17) is 4.74 Å². The normalized spacial score (nSPS) is 27.4. The molecule has 0 saturated carbocycles. The van der Waals surface area contributed by atoms with E-state index in [0.29, 0.717) is 0 Å². The van der Waals surface area contributed by atoms with Gasteiger partial charge >= 0.3 is 0 Å². The molecule has 0 atom stereocenters. The molecule has 0 amide bonds. The van der Waals surface area contributed by atoms with E-state index >= 15 is 0 Å². The minimum absolute atomic E-state index is 0.742. The van der Waals surface area contributed by atoms with E-state index < -0.39 is 0 Å². The molecule has 3 aliphatic rings. The summed E-state index contributed by atoms with van der Waals surface area (Å²) in [6.45, 7) is 7.74. The van der Waals surface area contributed by atoms with Crippen LogP contribution in [0.2, 0.25) is 0 Å². The highest BCUT2D eigenvalue weighted by molar-refractivity contribution is 5.13. The summed E-state index contributed by atoms with van der Waals surface area (Å²) in [6, 6.07) is 11.2. The van der Waals surface area contributed by atoms with Gasteiger partial charge in [-0.3, -0.25) is 4.90 Å². The number of fused-ring (bicyclic) bond motifs is 4. The predicted octanol–water partition coefficient (Wildman–Crippen LogP) is 1.98. The van der Waals surface area contributed by atoms with Crippen molar-refractivity contribution in [2.75, 3.05) is 39.3 Å². The lowest BCUT2D eigenvalue weighted by molar-refractivity contribution is 0.0784. The first kappa shape index (κ1) is 13.1. The Morgan fingerprint density at radius 2 is 1.79 bits per heavy atom. The number of rotatable bonds is 5. The maximum Gasteiger partial charge on any atom is 0.0717 e. The van der Waals surface area contributed by atoms with Gasteiger partial charge in [0.25, 0.3) is 0 Å². The molecule has 3 saturated heterocycles. The van der Waals surface area contributed by atoms with Crippen molar-refractivity contribution in [1.82, 2.24) is 9.80 Å². The van der Waals surface area contributed by atoms with Crippen molar-refractivity contribution in [3.63, 3.8) is 0 Å². The zero-order chi connectivity index (χ0) is 12.9. The van der Waals surface area contributed by atoms with Crippen molar-refractivity contribution in [1.29, 1.82) is 0 Å². The van der Waals surface area contributed by atoms with Crippen molar-refractivity contribution in [2.24, 2.45) is 0 Å².